The van der Waals surface area contributed by atoms with Crippen molar-refractivity contribution in [2.24, 2.45) is 5.92 Å². The second-order valence-electron chi connectivity index (χ2n) is 9.65. The molecule has 4 rings (SSSR count). The fraction of sp³-hybridized carbons (Fsp3) is 0.519. The van der Waals surface area contributed by atoms with E-state index < -0.39 is 0 Å². The van der Waals surface area contributed by atoms with Gasteiger partial charge in [-0.1, -0.05) is 36.4 Å². The van der Waals surface area contributed by atoms with Crippen molar-refractivity contribution in [2.45, 2.75) is 45.7 Å². The molecule has 2 saturated heterocycles. The fourth-order valence-corrected chi connectivity index (χ4v) is 5.03. The van der Waals surface area contributed by atoms with Gasteiger partial charge in [-0.3, -0.25) is 4.90 Å². The number of rotatable bonds is 6. The third kappa shape index (κ3) is 6.26. The summed E-state index contributed by atoms with van der Waals surface area (Å²) < 4.78 is 13.9. The van der Waals surface area contributed by atoms with E-state index in [0.717, 1.165) is 51.4 Å². The molecule has 2 aromatic rings. The molecule has 178 valence electrons. The summed E-state index contributed by atoms with van der Waals surface area (Å²) in [4.78, 5) is 19.4. The molecular weight excluding hydrogens is 415 g/mol. The van der Waals surface area contributed by atoms with E-state index >= 15 is 0 Å². The van der Waals surface area contributed by atoms with E-state index in [9.17, 15) is 9.18 Å². The normalized spacial score (nSPS) is 20.2. The lowest BCUT2D eigenvalue weighted by Crippen LogP contribution is -2.56. The Balaban J connectivity index is 1.16. The molecule has 2 amide bonds. The second-order valence-corrected chi connectivity index (χ2v) is 9.65. The highest BCUT2D eigenvalue weighted by Gasteiger charge is 2.28. The standard InChI is InChI=1S/C27H37FN4O/c1-21-8-9-25(18-26(21)28)31-16-17-32(22(2)19-31)27(33)29-13-10-23-11-14-30(15-12-23)20-24-6-4-3-5-7-24/h3-9,18,22-23H,10-17,19-20H2,1-2H3,(H,29,33)/t22-/m1/s1. The number of piperazine rings is 1. The number of likely N-dealkylation sites (tertiary alicyclic amines) is 1. The van der Waals surface area contributed by atoms with Crippen LogP contribution in [0.4, 0.5) is 14.9 Å². The average molecular weight is 453 g/mol. The van der Waals surface area contributed by atoms with E-state index in [2.05, 4.69) is 52.4 Å². The number of hydrogen-bond acceptors (Lipinski definition) is 3. The summed E-state index contributed by atoms with van der Waals surface area (Å²) in [5, 5.41) is 3.15. The van der Waals surface area contributed by atoms with Gasteiger partial charge in [0.25, 0.3) is 0 Å². The van der Waals surface area contributed by atoms with Crippen LogP contribution in [0.5, 0.6) is 0 Å². The predicted octanol–water partition coefficient (Wildman–Crippen LogP) is 4.66. The first kappa shape index (κ1) is 23.6. The van der Waals surface area contributed by atoms with Gasteiger partial charge in [0.1, 0.15) is 5.82 Å². The van der Waals surface area contributed by atoms with Gasteiger partial charge in [-0.25, -0.2) is 9.18 Å². The Labute approximate surface area is 197 Å². The van der Waals surface area contributed by atoms with Gasteiger partial charge in [-0.2, -0.15) is 0 Å². The maximum absolute atomic E-state index is 13.9. The Morgan fingerprint density at radius 2 is 1.82 bits per heavy atom. The van der Waals surface area contributed by atoms with Gasteiger partial charge in [0.05, 0.1) is 0 Å². The van der Waals surface area contributed by atoms with Gasteiger partial charge in [0, 0.05) is 44.5 Å². The number of halogens is 1. The quantitative estimate of drug-likeness (QED) is 0.693. The minimum absolute atomic E-state index is 0.0266. The number of carbonyl (C=O) groups excluding carboxylic acids is 1. The Morgan fingerprint density at radius 1 is 1.06 bits per heavy atom. The lowest BCUT2D eigenvalue weighted by Gasteiger charge is -2.41. The van der Waals surface area contributed by atoms with Gasteiger partial charge in [-0.05, 0) is 75.4 Å². The number of hydrogen-bond donors (Lipinski definition) is 1. The highest BCUT2D eigenvalue weighted by Crippen LogP contribution is 2.23. The summed E-state index contributed by atoms with van der Waals surface area (Å²) in [5.41, 5.74) is 2.93. The number of benzene rings is 2. The molecule has 5 nitrogen and oxygen atoms in total. The van der Waals surface area contributed by atoms with Crippen molar-refractivity contribution in [2.75, 3.05) is 44.2 Å². The third-order valence-electron chi connectivity index (χ3n) is 7.19. The molecule has 2 aliphatic heterocycles. The summed E-state index contributed by atoms with van der Waals surface area (Å²) in [6.07, 6.45) is 3.44. The molecule has 2 aliphatic rings. The number of carbonyl (C=O) groups is 1. The molecule has 33 heavy (non-hydrogen) atoms. The van der Waals surface area contributed by atoms with Crippen molar-refractivity contribution in [3.8, 4) is 0 Å². The van der Waals surface area contributed by atoms with E-state index in [1.54, 1.807) is 13.0 Å². The summed E-state index contributed by atoms with van der Waals surface area (Å²) in [6, 6.07) is 16.2. The number of aryl methyl sites for hydroxylation is 1. The lowest BCUT2D eigenvalue weighted by atomic mass is 9.93. The largest absolute Gasteiger partial charge is 0.368 e. The van der Waals surface area contributed by atoms with Gasteiger partial charge in [0.2, 0.25) is 0 Å². The first-order valence-corrected chi connectivity index (χ1v) is 12.3. The second kappa shape index (κ2) is 11.0. The van der Waals surface area contributed by atoms with E-state index in [-0.39, 0.29) is 17.9 Å². The first-order valence-electron chi connectivity index (χ1n) is 12.3. The molecule has 0 aliphatic carbocycles. The monoisotopic (exact) mass is 452 g/mol. The number of urea groups is 1. The molecule has 1 atom stereocenters. The van der Waals surface area contributed by atoms with Gasteiger partial charge < -0.3 is 15.1 Å². The van der Waals surface area contributed by atoms with Crippen molar-refractivity contribution in [1.82, 2.24) is 15.1 Å². The molecule has 0 bridgehead atoms. The van der Waals surface area contributed by atoms with Crippen LogP contribution in [0.2, 0.25) is 0 Å². The molecule has 0 spiro atoms. The number of nitrogens with one attached hydrogen (secondary N) is 1. The van der Waals surface area contributed by atoms with Crippen LogP contribution >= 0.6 is 0 Å². The molecular formula is C27H37FN4O. The first-order chi connectivity index (χ1) is 16.0. The Hall–Kier alpha value is -2.60. The minimum atomic E-state index is -0.175. The number of amides is 2. The zero-order valence-electron chi connectivity index (χ0n) is 20.0. The Morgan fingerprint density at radius 3 is 2.52 bits per heavy atom. The minimum Gasteiger partial charge on any atom is -0.368 e. The summed E-state index contributed by atoms with van der Waals surface area (Å²) in [5.74, 6) is 0.509. The van der Waals surface area contributed by atoms with Crippen LogP contribution in [0.3, 0.4) is 0 Å². The third-order valence-corrected chi connectivity index (χ3v) is 7.19. The summed E-state index contributed by atoms with van der Waals surface area (Å²) in [6.45, 7) is 9.97. The molecule has 1 N–H and O–H groups in total. The van der Waals surface area contributed by atoms with Crippen LogP contribution in [0.15, 0.2) is 48.5 Å². The highest BCUT2D eigenvalue weighted by atomic mass is 19.1. The van der Waals surface area contributed by atoms with E-state index in [1.807, 2.05) is 17.0 Å². The van der Waals surface area contributed by atoms with Gasteiger partial charge in [-0.15, -0.1) is 0 Å². The maximum atomic E-state index is 13.9. The van der Waals surface area contributed by atoms with Gasteiger partial charge >= 0.3 is 6.03 Å². The molecule has 6 heteroatoms. The van der Waals surface area contributed by atoms with Crippen molar-refractivity contribution in [3.63, 3.8) is 0 Å². The molecule has 2 aromatic carbocycles. The van der Waals surface area contributed by atoms with Crippen LogP contribution in [-0.2, 0) is 6.54 Å². The molecule has 0 aromatic heterocycles. The van der Waals surface area contributed by atoms with Crippen LogP contribution in [-0.4, -0.2) is 61.1 Å². The molecule has 2 fully saturated rings. The summed E-state index contributed by atoms with van der Waals surface area (Å²) >= 11 is 0. The van der Waals surface area contributed by atoms with Crippen molar-refractivity contribution in [3.05, 3.63) is 65.5 Å². The van der Waals surface area contributed by atoms with E-state index in [0.29, 0.717) is 18.0 Å². The SMILES string of the molecule is Cc1ccc(N2CCN(C(=O)NCCC3CCN(Cc4ccccc4)CC3)[C@H](C)C2)cc1F. The molecule has 0 radical (unpaired) electrons. The van der Waals surface area contributed by atoms with Crippen LogP contribution in [0.1, 0.15) is 37.3 Å². The van der Waals surface area contributed by atoms with Crippen LogP contribution in [0.25, 0.3) is 0 Å². The summed E-state index contributed by atoms with van der Waals surface area (Å²) in [7, 11) is 0. The predicted molar refractivity (Wildman–Crippen MR) is 132 cm³/mol. The van der Waals surface area contributed by atoms with Gasteiger partial charge in [0.15, 0.2) is 0 Å². The topological polar surface area (TPSA) is 38.8 Å². The number of piperidine rings is 1. The van der Waals surface area contributed by atoms with E-state index in [4.69, 9.17) is 0 Å². The maximum Gasteiger partial charge on any atom is 0.317 e. The zero-order chi connectivity index (χ0) is 23.2. The Kier molecular flexibility index (Phi) is 7.86. The average Bonchev–Trinajstić information content (AvgIpc) is 2.82. The van der Waals surface area contributed by atoms with Crippen LogP contribution < -0.4 is 10.2 Å². The molecule has 0 saturated carbocycles. The van der Waals surface area contributed by atoms with Crippen LogP contribution in [0, 0.1) is 18.7 Å². The van der Waals surface area contributed by atoms with Crippen molar-refractivity contribution >= 4 is 11.7 Å². The number of nitrogens with zero attached hydrogens (tertiary/aromatic N) is 3. The molecule has 2 heterocycles. The smallest absolute Gasteiger partial charge is 0.317 e. The van der Waals surface area contributed by atoms with Crippen molar-refractivity contribution in [1.29, 1.82) is 0 Å². The zero-order valence-corrected chi connectivity index (χ0v) is 20.0. The Bertz CT molecular complexity index is 914. The van der Waals surface area contributed by atoms with E-state index in [1.165, 1.54) is 18.4 Å². The van der Waals surface area contributed by atoms with Crippen molar-refractivity contribution < 1.29 is 9.18 Å². The molecule has 0 unspecified atom stereocenters. The fourth-order valence-electron chi connectivity index (χ4n) is 5.03. The lowest BCUT2D eigenvalue weighted by molar-refractivity contribution is 0.162. The number of anilines is 1. The highest BCUT2D eigenvalue weighted by molar-refractivity contribution is 5.75.